The highest BCUT2D eigenvalue weighted by Crippen LogP contribution is 2.32. The van der Waals surface area contributed by atoms with Crippen molar-refractivity contribution in [1.29, 1.82) is 5.41 Å². The molecule has 4 nitrogen and oxygen atoms in total. The van der Waals surface area contributed by atoms with Crippen molar-refractivity contribution in [2.75, 3.05) is 17.8 Å². The molecular formula is C12H14N2O2S. The topological polar surface area (TPSA) is 53.4 Å². The highest BCUT2D eigenvalue weighted by molar-refractivity contribution is 8.15. The Labute approximate surface area is 104 Å². The molecule has 1 heterocycles. The van der Waals surface area contributed by atoms with E-state index in [2.05, 4.69) is 0 Å². The van der Waals surface area contributed by atoms with E-state index in [1.807, 2.05) is 25.1 Å². The quantitative estimate of drug-likeness (QED) is 0.895. The Morgan fingerprint density at radius 2 is 2.29 bits per heavy atom. The van der Waals surface area contributed by atoms with Crippen LogP contribution in [-0.2, 0) is 11.2 Å². The number of hydrogen-bond acceptors (Lipinski definition) is 4. The fourth-order valence-corrected chi connectivity index (χ4v) is 2.51. The van der Waals surface area contributed by atoms with Crippen molar-refractivity contribution in [2.24, 2.45) is 0 Å². The summed E-state index contributed by atoms with van der Waals surface area (Å²) in [6.45, 7) is 2.03. The van der Waals surface area contributed by atoms with Gasteiger partial charge < -0.3 is 4.74 Å². The molecular weight excluding hydrogens is 236 g/mol. The van der Waals surface area contributed by atoms with E-state index in [1.165, 1.54) is 16.7 Å². The zero-order chi connectivity index (χ0) is 12.4. The molecule has 1 amide bonds. The number of carbonyl (C=O) groups excluding carboxylic acids is 1. The molecule has 0 aromatic heterocycles. The minimum atomic E-state index is -0.0389. The average Bonchev–Trinajstić information content (AvgIpc) is 2.68. The lowest BCUT2D eigenvalue weighted by Crippen LogP contribution is -2.29. The van der Waals surface area contributed by atoms with Gasteiger partial charge in [-0.05, 0) is 18.1 Å². The van der Waals surface area contributed by atoms with Gasteiger partial charge in [0.05, 0.1) is 18.6 Å². The van der Waals surface area contributed by atoms with Gasteiger partial charge in [0.15, 0.2) is 5.17 Å². The summed E-state index contributed by atoms with van der Waals surface area (Å²) in [5.41, 5.74) is 1.82. The van der Waals surface area contributed by atoms with Gasteiger partial charge in [0.1, 0.15) is 5.75 Å². The number of carbonyl (C=O) groups is 1. The maximum Gasteiger partial charge on any atom is 0.243 e. The molecule has 1 fully saturated rings. The first-order chi connectivity index (χ1) is 8.17. The van der Waals surface area contributed by atoms with Crippen LogP contribution < -0.4 is 9.64 Å². The number of nitrogens with one attached hydrogen (secondary N) is 1. The van der Waals surface area contributed by atoms with Gasteiger partial charge in [0, 0.05) is 6.07 Å². The summed E-state index contributed by atoms with van der Waals surface area (Å²) >= 11 is 1.26. The highest BCUT2D eigenvalue weighted by Gasteiger charge is 2.29. The molecule has 0 unspecified atom stereocenters. The number of benzene rings is 1. The Bertz CT molecular complexity index is 458. The molecule has 1 aromatic rings. The van der Waals surface area contributed by atoms with E-state index in [-0.39, 0.29) is 11.1 Å². The summed E-state index contributed by atoms with van der Waals surface area (Å²) in [6, 6.07) is 5.63. The number of amides is 1. The van der Waals surface area contributed by atoms with Gasteiger partial charge in [0.2, 0.25) is 5.91 Å². The van der Waals surface area contributed by atoms with E-state index in [1.54, 1.807) is 7.11 Å². The van der Waals surface area contributed by atoms with Gasteiger partial charge in [-0.15, -0.1) is 0 Å². The van der Waals surface area contributed by atoms with Gasteiger partial charge in [-0.1, -0.05) is 24.8 Å². The predicted molar refractivity (Wildman–Crippen MR) is 70.0 cm³/mol. The third-order valence-corrected chi connectivity index (χ3v) is 3.55. The fraction of sp³-hybridized carbons (Fsp3) is 0.333. The molecule has 17 heavy (non-hydrogen) atoms. The molecule has 0 radical (unpaired) electrons. The van der Waals surface area contributed by atoms with Crippen LogP contribution in [0.15, 0.2) is 18.2 Å². The van der Waals surface area contributed by atoms with Crippen LogP contribution in [0.25, 0.3) is 0 Å². The van der Waals surface area contributed by atoms with Gasteiger partial charge >= 0.3 is 0 Å². The molecule has 1 aliphatic heterocycles. The van der Waals surface area contributed by atoms with Crippen molar-refractivity contribution in [2.45, 2.75) is 13.3 Å². The van der Waals surface area contributed by atoms with Crippen molar-refractivity contribution in [3.05, 3.63) is 23.8 Å². The van der Waals surface area contributed by atoms with Crippen molar-refractivity contribution >= 4 is 28.5 Å². The molecule has 0 atom stereocenters. The van der Waals surface area contributed by atoms with Crippen LogP contribution in [0.1, 0.15) is 12.5 Å². The lowest BCUT2D eigenvalue weighted by molar-refractivity contribution is -0.115. The normalized spacial score (nSPS) is 15.5. The first-order valence-electron chi connectivity index (χ1n) is 5.38. The summed E-state index contributed by atoms with van der Waals surface area (Å²) in [6.07, 6.45) is 0.820. The SMILES string of the molecule is CCc1ccc(OC)cc1N1C(=N)SCC1=O. The molecule has 0 aliphatic carbocycles. The summed E-state index contributed by atoms with van der Waals surface area (Å²) in [5.74, 6) is 1.01. The summed E-state index contributed by atoms with van der Waals surface area (Å²) in [4.78, 5) is 13.2. The lowest BCUT2D eigenvalue weighted by Gasteiger charge is -2.19. The Balaban J connectivity index is 2.48. The Kier molecular flexibility index (Phi) is 3.38. The van der Waals surface area contributed by atoms with Crippen LogP contribution in [0.3, 0.4) is 0 Å². The van der Waals surface area contributed by atoms with Crippen LogP contribution in [0.5, 0.6) is 5.75 Å². The van der Waals surface area contributed by atoms with Crippen molar-refractivity contribution in [1.82, 2.24) is 0 Å². The molecule has 90 valence electrons. The molecule has 1 N–H and O–H groups in total. The van der Waals surface area contributed by atoms with Crippen LogP contribution in [0.4, 0.5) is 5.69 Å². The summed E-state index contributed by atoms with van der Waals surface area (Å²) in [5, 5.41) is 8.09. The molecule has 1 aromatic carbocycles. The number of methoxy groups -OCH3 is 1. The lowest BCUT2D eigenvalue weighted by atomic mass is 10.1. The Morgan fingerprint density at radius 1 is 1.53 bits per heavy atom. The van der Waals surface area contributed by atoms with Gasteiger partial charge in [-0.3, -0.25) is 15.1 Å². The largest absolute Gasteiger partial charge is 0.497 e. The molecule has 0 spiro atoms. The number of nitrogens with zero attached hydrogens (tertiary/aromatic N) is 1. The minimum Gasteiger partial charge on any atom is -0.497 e. The Hall–Kier alpha value is -1.49. The molecule has 1 aliphatic rings. The molecule has 0 saturated carbocycles. The fourth-order valence-electron chi connectivity index (χ4n) is 1.79. The number of hydrogen-bond donors (Lipinski definition) is 1. The predicted octanol–water partition coefficient (Wildman–Crippen LogP) is 2.27. The standard InChI is InChI=1S/C12H14N2O2S/c1-3-8-4-5-9(16-2)6-10(8)14-11(15)7-17-12(14)13/h4-6,13H,3,7H2,1-2H3. The first-order valence-corrected chi connectivity index (χ1v) is 6.37. The third-order valence-electron chi connectivity index (χ3n) is 2.70. The number of anilines is 1. The van der Waals surface area contributed by atoms with Crippen molar-refractivity contribution in [3.63, 3.8) is 0 Å². The third kappa shape index (κ3) is 2.15. The van der Waals surface area contributed by atoms with E-state index in [4.69, 9.17) is 10.1 Å². The second-order valence-electron chi connectivity index (χ2n) is 3.67. The first kappa shape index (κ1) is 12.0. The monoisotopic (exact) mass is 250 g/mol. The van der Waals surface area contributed by atoms with Crippen LogP contribution >= 0.6 is 11.8 Å². The molecule has 2 rings (SSSR count). The number of rotatable bonds is 3. The molecule has 1 saturated heterocycles. The van der Waals surface area contributed by atoms with E-state index in [0.717, 1.165) is 17.7 Å². The number of thioether (sulfide) groups is 1. The van der Waals surface area contributed by atoms with Crippen molar-refractivity contribution < 1.29 is 9.53 Å². The van der Waals surface area contributed by atoms with E-state index in [9.17, 15) is 4.79 Å². The smallest absolute Gasteiger partial charge is 0.243 e. The van der Waals surface area contributed by atoms with Gasteiger partial charge in [-0.2, -0.15) is 0 Å². The second-order valence-corrected chi connectivity index (χ2v) is 4.64. The summed E-state index contributed by atoms with van der Waals surface area (Å²) in [7, 11) is 1.59. The van der Waals surface area contributed by atoms with E-state index in [0.29, 0.717) is 11.5 Å². The maximum absolute atomic E-state index is 11.8. The highest BCUT2D eigenvalue weighted by atomic mass is 32.2. The molecule has 0 bridgehead atoms. The van der Waals surface area contributed by atoms with Gasteiger partial charge in [0.25, 0.3) is 0 Å². The van der Waals surface area contributed by atoms with Gasteiger partial charge in [-0.25, -0.2) is 0 Å². The zero-order valence-electron chi connectivity index (χ0n) is 9.82. The number of ether oxygens (including phenoxy) is 1. The van der Waals surface area contributed by atoms with Crippen molar-refractivity contribution in [3.8, 4) is 5.75 Å². The molecule has 5 heteroatoms. The minimum absolute atomic E-state index is 0.0389. The van der Waals surface area contributed by atoms with E-state index >= 15 is 0 Å². The zero-order valence-corrected chi connectivity index (χ0v) is 10.6. The maximum atomic E-state index is 11.8. The average molecular weight is 250 g/mol. The van der Waals surface area contributed by atoms with E-state index < -0.39 is 0 Å². The van der Waals surface area contributed by atoms with Crippen LogP contribution in [0.2, 0.25) is 0 Å². The Morgan fingerprint density at radius 3 is 2.82 bits per heavy atom. The van der Waals surface area contributed by atoms with Crippen LogP contribution in [-0.4, -0.2) is 23.9 Å². The number of amidine groups is 1. The number of aryl methyl sites for hydroxylation is 1. The van der Waals surface area contributed by atoms with Crippen LogP contribution in [0, 0.1) is 5.41 Å². The summed E-state index contributed by atoms with van der Waals surface area (Å²) < 4.78 is 5.17. The second kappa shape index (κ2) is 4.79.